The molecule has 2 aromatic rings. The molecular formula is C12H16N4. The third-order valence-corrected chi connectivity index (χ3v) is 2.69. The first kappa shape index (κ1) is 10.7. The molecule has 0 bridgehead atoms. The van der Waals surface area contributed by atoms with Crippen molar-refractivity contribution in [3.63, 3.8) is 0 Å². The summed E-state index contributed by atoms with van der Waals surface area (Å²) in [6.07, 6.45) is 0.735. The van der Waals surface area contributed by atoms with E-state index in [4.69, 9.17) is 5.73 Å². The second-order valence-electron chi connectivity index (χ2n) is 4.12. The van der Waals surface area contributed by atoms with Gasteiger partial charge in [-0.3, -0.25) is 0 Å². The van der Waals surface area contributed by atoms with Crippen LogP contribution in [0.2, 0.25) is 0 Å². The molecule has 0 radical (unpaired) electrons. The standard InChI is InChI=1S/C12H16N4/c1-8-4-5-9(2)10(6-8)7-11-14-12(13)16(3)15-11/h4-6H,7H2,1-3H3,(H2,13,14,15). The summed E-state index contributed by atoms with van der Waals surface area (Å²) >= 11 is 0. The Morgan fingerprint density at radius 1 is 1.31 bits per heavy atom. The molecule has 16 heavy (non-hydrogen) atoms. The van der Waals surface area contributed by atoms with Crippen LogP contribution < -0.4 is 5.73 Å². The smallest absolute Gasteiger partial charge is 0.218 e. The van der Waals surface area contributed by atoms with Gasteiger partial charge in [0.1, 0.15) is 0 Å². The SMILES string of the molecule is Cc1ccc(C)c(Cc2nc(N)n(C)n2)c1. The summed E-state index contributed by atoms with van der Waals surface area (Å²) in [7, 11) is 1.80. The molecule has 2 rings (SSSR count). The monoisotopic (exact) mass is 216 g/mol. The van der Waals surface area contributed by atoms with Crippen molar-refractivity contribution in [1.29, 1.82) is 0 Å². The van der Waals surface area contributed by atoms with E-state index < -0.39 is 0 Å². The minimum atomic E-state index is 0.459. The Kier molecular flexibility index (Phi) is 2.64. The van der Waals surface area contributed by atoms with E-state index in [1.165, 1.54) is 16.7 Å². The normalized spacial score (nSPS) is 10.7. The average molecular weight is 216 g/mol. The molecule has 4 nitrogen and oxygen atoms in total. The van der Waals surface area contributed by atoms with Crippen LogP contribution in [0.1, 0.15) is 22.5 Å². The maximum atomic E-state index is 5.65. The highest BCUT2D eigenvalue weighted by atomic mass is 15.4. The van der Waals surface area contributed by atoms with Crippen LogP contribution in [0.3, 0.4) is 0 Å². The topological polar surface area (TPSA) is 56.7 Å². The highest BCUT2D eigenvalue weighted by molar-refractivity contribution is 5.33. The van der Waals surface area contributed by atoms with Crippen molar-refractivity contribution in [2.24, 2.45) is 7.05 Å². The molecule has 4 heteroatoms. The zero-order chi connectivity index (χ0) is 11.7. The van der Waals surface area contributed by atoms with Crippen LogP contribution in [0.25, 0.3) is 0 Å². The molecule has 1 heterocycles. The number of nitrogens with zero attached hydrogens (tertiary/aromatic N) is 3. The number of hydrogen-bond donors (Lipinski definition) is 1. The minimum absolute atomic E-state index is 0.459. The first-order valence-corrected chi connectivity index (χ1v) is 5.28. The summed E-state index contributed by atoms with van der Waals surface area (Å²) in [4.78, 5) is 4.21. The number of nitrogen functional groups attached to an aromatic ring is 1. The number of hydrogen-bond acceptors (Lipinski definition) is 3. The fourth-order valence-corrected chi connectivity index (χ4v) is 1.69. The summed E-state index contributed by atoms with van der Waals surface area (Å²) in [6.45, 7) is 4.18. The van der Waals surface area contributed by atoms with E-state index in [-0.39, 0.29) is 0 Å². The lowest BCUT2D eigenvalue weighted by Crippen LogP contribution is -1.98. The van der Waals surface area contributed by atoms with Crippen LogP contribution in [0.5, 0.6) is 0 Å². The Labute approximate surface area is 95.1 Å². The molecule has 1 aromatic carbocycles. The van der Waals surface area contributed by atoms with Gasteiger partial charge in [-0.15, -0.1) is 0 Å². The maximum Gasteiger partial charge on any atom is 0.218 e. The lowest BCUT2D eigenvalue weighted by molar-refractivity contribution is 0.758. The summed E-state index contributed by atoms with van der Waals surface area (Å²) < 4.78 is 1.60. The predicted octanol–water partition coefficient (Wildman–Crippen LogP) is 1.60. The molecule has 0 amide bonds. The molecule has 0 aliphatic rings. The molecular weight excluding hydrogens is 200 g/mol. The van der Waals surface area contributed by atoms with Crippen LogP contribution in [0, 0.1) is 13.8 Å². The van der Waals surface area contributed by atoms with Crippen molar-refractivity contribution in [2.75, 3.05) is 5.73 Å². The van der Waals surface area contributed by atoms with Crippen molar-refractivity contribution in [2.45, 2.75) is 20.3 Å². The first-order valence-electron chi connectivity index (χ1n) is 5.28. The van der Waals surface area contributed by atoms with Crippen LogP contribution >= 0.6 is 0 Å². The van der Waals surface area contributed by atoms with Crippen LogP contribution in [0.15, 0.2) is 18.2 Å². The van der Waals surface area contributed by atoms with Gasteiger partial charge in [0, 0.05) is 13.5 Å². The molecule has 0 aliphatic heterocycles. The maximum absolute atomic E-state index is 5.65. The fraction of sp³-hybridized carbons (Fsp3) is 0.333. The fourth-order valence-electron chi connectivity index (χ4n) is 1.69. The quantitative estimate of drug-likeness (QED) is 0.829. The lowest BCUT2D eigenvalue weighted by Gasteiger charge is -2.04. The van der Waals surface area contributed by atoms with Gasteiger partial charge in [0.15, 0.2) is 5.82 Å². The van der Waals surface area contributed by atoms with Gasteiger partial charge in [-0.25, -0.2) is 4.68 Å². The van der Waals surface area contributed by atoms with Gasteiger partial charge >= 0.3 is 0 Å². The third-order valence-electron chi connectivity index (χ3n) is 2.69. The first-order chi connectivity index (χ1) is 7.56. The molecule has 0 atom stereocenters. The van der Waals surface area contributed by atoms with E-state index in [1.54, 1.807) is 11.7 Å². The highest BCUT2D eigenvalue weighted by Crippen LogP contribution is 2.14. The molecule has 0 aliphatic carbocycles. The summed E-state index contributed by atoms with van der Waals surface area (Å²) in [5.41, 5.74) is 9.42. The van der Waals surface area contributed by atoms with E-state index in [2.05, 4.69) is 42.1 Å². The lowest BCUT2D eigenvalue weighted by atomic mass is 10.0. The molecule has 0 fully saturated rings. The molecule has 1 aromatic heterocycles. The van der Waals surface area contributed by atoms with Gasteiger partial charge in [-0.1, -0.05) is 23.8 Å². The molecule has 0 saturated carbocycles. The minimum Gasteiger partial charge on any atom is -0.368 e. The number of aryl methyl sites for hydroxylation is 3. The zero-order valence-corrected chi connectivity index (χ0v) is 9.86. The number of nitrogens with two attached hydrogens (primary N) is 1. The molecule has 0 unspecified atom stereocenters. The van der Waals surface area contributed by atoms with Gasteiger partial charge in [0.25, 0.3) is 0 Å². The van der Waals surface area contributed by atoms with E-state index in [1.807, 2.05) is 0 Å². The van der Waals surface area contributed by atoms with E-state index in [0.29, 0.717) is 5.95 Å². The van der Waals surface area contributed by atoms with Crippen molar-refractivity contribution in [3.05, 3.63) is 40.7 Å². The van der Waals surface area contributed by atoms with Gasteiger partial charge in [-0.05, 0) is 25.0 Å². The van der Waals surface area contributed by atoms with Gasteiger partial charge in [-0.2, -0.15) is 10.1 Å². The van der Waals surface area contributed by atoms with Crippen molar-refractivity contribution >= 4 is 5.95 Å². The van der Waals surface area contributed by atoms with Crippen molar-refractivity contribution in [3.8, 4) is 0 Å². The second kappa shape index (κ2) is 3.96. The molecule has 0 spiro atoms. The van der Waals surface area contributed by atoms with Gasteiger partial charge < -0.3 is 5.73 Å². The summed E-state index contributed by atoms with van der Waals surface area (Å²) in [5, 5.41) is 4.26. The van der Waals surface area contributed by atoms with E-state index >= 15 is 0 Å². The Morgan fingerprint density at radius 2 is 2.06 bits per heavy atom. The largest absolute Gasteiger partial charge is 0.368 e. The Hall–Kier alpha value is -1.84. The predicted molar refractivity (Wildman–Crippen MR) is 64.1 cm³/mol. The number of benzene rings is 1. The molecule has 0 saturated heterocycles. The van der Waals surface area contributed by atoms with Crippen molar-refractivity contribution in [1.82, 2.24) is 14.8 Å². The van der Waals surface area contributed by atoms with Crippen molar-refractivity contribution < 1.29 is 0 Å². The summed E-state index contributed by atoms with van der Waals surface area (Å²) in [6, 6.07) is 6.40. The van der Waals surface area contributed by atoms with Crippen LogP contribution in [0.4, 0.5) is 5.95 Å². The van der Waals surface area contributed by atoms with E-state index in [9.17, 15) is 0 Å². The average Bonchev–Trinajstić information content (AvgIpc) is 2.52. The number of aromatic nitrogens is 3. The Morgan fingerprint density at radius 3 is 2.69 bits per heavy atom. The van der Waals surface area contributed by atoms with Gasteiger partial charge in [0.05, 0.1) is 0 Å². The molecule has 84 valence electrons. The summed E-state index contributed by atoms with van der Waals surface area (Å²) in [5.74, 6) is 1.23. The Balaban J connectivity index is 2.29. The zero-order valence-electron chi connectivity index (χ0n) is 9.86. The third kappa shape index (κ3) is 2.05. The number of anilines is 1. The Bertz CT molecular complexity index is 494. The second-order valence-corrected chi connectivity index (χ2v) is 4.12. The van der Waals surface area contributed by atoms with Gasteiger partial charge in [0.2, 0.25) is 5.95 Å². The number of rotatable bonds is 2. The highest BCUT2D eigenvalue weighted by Gasteiger charge is 2.06. The van der Waals surface area contributed by atoms with E-state index in [0.717, 1.165) is 12.2 Å². The van der Waals surface area contributed by atoms with Crippen LogP contribution in [-0.4, -0.2) is 14.8 Å². The molecule has 2 N–H and O–H groups in total. The van der Waals surface area contributed by atoms with Crippen LogP contribution in [-0.2, 0) is 13.5 Å².